The van der Waals surface area contributed by atoms with Gasteiger partial charge >= 0.3 is 5.97 Å². The standard InChI is InChI=1S/C29H27N5O6S2/c1-3-18-16-42-27-21(31-25(36)24(32-39-2)33-14-15-41-29(33)30-17-35)26(37)34(27)22(18)28(38)40-23(19-10-6-4-7-11-19)20-12-8-5-9-13-20/h3-15,17,21,23,27,29H,1,16H2,2H3,(H,30,35)(H,31,36)/b32-24+/t21?,27-,29?/m1/s1. The molecule has 5 rings (SSSR count). The molecule has 2 N–H and O–H groups in total. The number of allylic oxidation sites excluding steroid dienone is 1. The fraction of sp³-hybridized carbons (Fsp3) is 0.207. The van der Waals surface area contributed by atoms with E-state index in [0.717, 1.165) is 11.1 Å². The van der Waals surface area contributed by atoms with Gasteiger partial charge in [-0.3, -0.25) is 24.2 Å². The highest BCUT2D eigenvalue weighted by molar-refractivity contribution is 8.02. The largest absolute Gasteiger partial charge is 0.448 e. The Morgan fingerprint density at radius 2 is 1.79 bits per heavy atom. The minimum absolute atomic E-state index is 0.0982. The third-order valence-corrected chi connectivity index (χ3v) is 8.87. The molecule has 11 nitrogen and oxygen atoms in total. The van der Waals surface area contributed by atoms with Crippen LogP contribution < -0.4 is 10.6 Å². The summed E-state index contributed by atoms with van der Waals surface area (Å²) < 4.78 is 6.06. The summed E-state index contributed by atoms with van der Waals surface area (Å²) in [7, 11) is 1.28. The molecule has 13 heteroatoms. The van der Waals surface area contributed by atoms with E-state index in [-0.39, 0.29) is 11.5 Å². The average Bonchev–Trinajstić information content (AvgIpc) is 3.48. The lowest BCUT2D eigenvalue weighted by molar-refractivity contribution is -0.154. The molecule has 0 saturated carbocycles. The summed E-state index contributed by atoms with van der Waals surface area (Å²) >= 11 is 2.64. The lowest BCUT2D eigenvalue weighted by Gasteiger charge is -2.49. The first-order valence-corrected chi connectivity index (χ1v) is 14.8. The fourth-order valence-electron chi connectivity index (χ4n) is 4.71. The monoisotopic (exact) mass is 605 g/mol. The number of thioether (sulfide) groups is 2. The van der Waals surface area contributed by atoms with Gasteiger partial charge < -0.3 is 20.2 Å². The van der Waals surface area contributed by atoms with Crippen molar-refractivity contribution in [2.75, 3.05) is 12.9 Å². The number of benzene rings is 2. The van der Waals surface area contributed by atoms with Crippen molar-refractivity contribution in [3.05, 3.63) is 107 Å². The van der Waals surface area contributed by atoms with Crippen LogP contribution in [0.5, 0.6) is 0 Å². The molecule has 3 aliphatic rings. The number of hydrogen-bond acceptors (Lipinski definition) is 9. The Hall–Kier alpha value is -4.49. The number of amides is 3. The Labute approximate surface area is 250 Å². The molecular formula is C29H27N5O6S2. The van der Waals surface area contributed by atoms with Gasteiger partial charge in [0.2, 0.25) is 12.2 Å². The van der Waals surface area contributed by atoms with Gasteiger partial charge in [-0.15, -0.1) is 11.8 Å². The van der Waals surface area contributed by atoms with Gasteiger partial charge in [0.15, 0.2) is 11.6 Å². The van der Waals surface area contributed by atoms with Crippen LogP contribution in [0.15, 0.2) is 101 Å². The Bertz CT molecular complexity index is 1430. The van der Waals surface area contributed by atoms with Crippen molar-refractivity contribution in [2.24, 2.45) is 5.16 Å². The lowest BCUT2D eigenvalue weighted by atomic mass is 10.0. The number of hydrogen-bond donors (Lipinski definition) is 2. The molecule has 1 fully saturated rings. The van der Waals surface area contributed by atoms with Crippen LogP contribution >= 0.6 is 23.5 Å². The molecule has 216 valence electrons. The van der Waals surface area contributed by atoms with Crippen LogP contribution in [-0.2, 0) is 28.8 Å². The first-order chi connectivity index (χ1) is 20.5. The lowest BCUT2D eigenvalue weighted by Crippen LogP contribution is -2.71. The number of nitrogens with zero attached hydrogens (tertiary/aromatic N) is 3. The first kappa shape index (κ1) is 29.0. The van der Waals surface area contributed by atoms with Crippen LogP contribution in [0.1, 0.15) is 17.2 Å². The van der Waals surface area contributed by atoms with E-state index in [2.05, 4.69) is 22.4 Å². The number of carbonyl (C=O) groups is 4. The summed E-state index contributed by atoms with van der Waals surface area (Å²) in [6.45, 7) is 3.84. The Kier molecular flexibility index (Phi) is 8.98. The number of fused-ring (bicyclic) bond motifs is 1. The van der Waals surface area contributed by atoms with E-state index in [1.165, 1.54) is 40.4 Å². The first-order valence-electron chi connectivity index (χ1n) is 12.8. The molecule has 3 heterocycles. The normalized spacial score (nSPS) is 21.4. The Morgan fingerprint density at radius 1 is 1.12 bits per heavy atom. The summed E-state index contributed by atoms with van der Waals surface area (Å²) in [5.41, 5.74) is 1.60. The summed E-state index contributed by atoms with van der Waals surface area (Å²) in [4.78, 5) is 59.1. The predicted molar refractivity (Wildman–Crippen MR) is 159 cm³/mol. The third kappa shape index (κ3) is 5.65. The van der Waals surface area contributed by atoms with Gasteiger partial charge in [-0.25, -0.2) is 4.79 Å². The topological polar surface area (TPSA) is 130 Å². The van der Waals surface area contributed by atoms with Gasteiger partial charge in [-0.2, -0.15) is 0 Å². The van der Waals surface area contributed by atoms with Gasteiger partial charge in [0.1, 0.15) is 24.2 Å². The van der Waals surface area contributed by atoms with Crippen LogP contribution in [0, 0.1) is 0 Å². The van der Waals surface area contributed by atoms with Crippen molar-refractivity contribution in [2.45, 2.75) is 23.0 Å². The molecule has 3 aliphatic heterocycles. The van der Waals surface area contributed by atoms with E-state index in [1.807, 2.05) is 60.7 Å². The number of rotatable bonds is 9. The van der Waals surface area contributed by atoms with Crippen molar-refractivity contribution in [1.82, 2.24) is 20.4 Å². The third-order valence-electron chi connectivity index (χ3n) is 6.67. The smallest absolute Gasteiger partial charge is 0.356 e. The zero-order valence-electron chi connectivity index (χ0n) is 22.4. The zero-order chi connectivity index (χ0) is 29.6. The minimum Gasteiger partial charge on any atom is -0.448 e. The molecule has 2 aromatic rings. The zero-order valence-corrected chi connectivity index (χ0v) is 24.0. The molecule has 2 aromatic carbocycles. The minimum atomic E-state index is -0.936. The second kappa shape index (κ2) is 13.0. The summed E-state index contributed by atoms with van der Waals surface area (Å²) in [5, 5.41) is 10.2. The van der Waals surface area contributed by atoms with Crippen molar-refractivity contribution in [3.63, 3.8) is 0 Å². The van der Waals surface area contributed by atoms with E-state index in [9.17, 15) is 19.2 Å². The van der Waals surface area contributed by atoms with Crippen LogP contribution in [0.4, 0.5) is 0 Å². The maximum absolute atomic E-state index is 13.7. The van der Waals surface area contributed by atoms with Crippen molar-refractivity contribution < 1.29 is 28.8 Å². The van der Waals surface area contributed by atoms with Crippen molar-refractivity contribution in [1.29, 1.82) is 0 Å². The summed E-state index contributed by atoms with van der Waals surface area (Å²) in [5.74, 6) is -1.61. The number of oxime groups is 1. The molecule has 0 spiro atoms. The summed E-state index contributed by atoms with van der Waals surface area (Å²) in [6.07, 6.45) is 2.91. The number of β-lactam (4-membered cyclic amide) rings is 1. The highest BCUT2D eigenvalue weighted by Crippen LogP contribution is 2.42. The Balaban J connectivity index is 1.36. The van der Waals surface area contributed by atoms with E-state index < -0.39 is 40.8 Å². The van der Waals surface area contributed by atoms with Crippen molar-refractivity contribution >= 4 is 53.6 Å². The fourth-order valence-corrected chi connectivity index (χ4v) is 6.84. The quantitative estimate of drug-likeness (QED) is 0.111. The highest BCUT2D eigenvalue weighted by atomic mass is 32.2. The highest BCUT2D eigenvalue weighted by Gasteiger charge is 2.55. The molecule has 42 heavy (non-hydrogen) atoms. The van der Waals surface area contributed by atoms with Gasteiger partial charge in [0, 0.05) is 12.0 Å². The number of ether oxygens (including phenoxy) is 1. The molecule has 0 bridgehead atoms. The van der Waals surface area contributed by atoms with E-state index in [0.29, 0.717) is 17.7 Å². The summed E-state index contributed by atoms with van der Waals surface area (Å²) in [6, 6.07) is 17.8. The molecule has 1 saturated heterocycles. The van der Waals surface area contributed by atoms with Crippen LogP contribution in [0.2, 0.25) is 0 Å². The molecule has 0 radical (unpaired) electrons. The SMILES string of the molecule is C=CC1=C(C(=O)OC(c2ccccc2)c2ccccc2)N2C(=O)C(NC(=O)/C(=N\OC)N3C=CSC3NC=O)[C@H]2SC1. The molecular weight excluding hydrogens is 578 g/mol. The maximum Gasteiger partial charge on any atom is 0.356 e. The molecule has 0 aliphatic carbocycles. The van der Waals surface area contributed by atoms with E-state index in [4.69, 9.17) is 9.57 Å². The van der Waals surface area contributed by atoms with Gasteiger partial charge in [-0.05, 0) is 22.1 Å². The van der Waals surface area contributed by atoms with E-state index in [1.54, 1.807) is 17.7 Å². The van der Waals surface area contributed by atoms with Crippen LogP contribution in [0.25, 0.3) is 0 Å². The second-order valence-corrected chi connectivity index (χ2v) is 11.2. The van der Waals surface area contributed by atoms with Gasteiger partial charge in [0.25, 0.3) is 11.8 Å². The molecule has 2 unspecified atom stereocenters. The maximum atomic E-state index is 13.7. The number of carbonyl (C=O) groups excluding carboxylic acids is 4. The molecule has 3 atom stereocenters. The number of esters is 1. The second-order valence-electron chi connectivity index (χ2n) is 9.11. The number of nitrogens with one attached hydrogen (secondary N) is 2. The van der Waals surface area contributed by atoms with Crippen LogP contribution in [-0.4, -0.2) is 69.6 Å². The average molecular weight is 606 g/mol. The predicted octanol–water partition coefficient (Wildman–Crippen LogP) is 2.67. The van der Waals surface area contributed by atoms with Gasteiger partial charge in [0.05, 0.1) is 0 Å². The Morgan fingerprint density at radius 3 is 2.38 bits per heavy atom. The number of amidine groups is 1. The molecule has 0 aromatic heterocycles. The van der Waals surface area contributed by atoms with Crippen LogP contribution in [0.3, 0.4) is 0 Å². The van der Waals surface area contributed by atoms with Crippen molar-refractivity contribution in [3.8, 4) is 0 Å². The molecule has 3 amide bonds. The van der Waals surface area contributed by atoms with E-state index >= 15 is 0 Å². The van der Waals surface area contributed by atoms with Gasteiger partial charge in [-0.1, -0.05) is 90.2 Å².